The van der Waals surface area contributed by atoms with Crippen LogP contribution in [0.25, 0.3) is 11.0 Å². The molecule has 1 N–H and O–H groups in total. The topological polar surface area (TPSA) is 44.3 Å². The van der Waals surface area contributed by atoms with E-state index in [9.17, 15) is 4.79 Å². The van der Waals surface area contributed by atoms with Gasteiger partial charge in [0.2, 0.25) is 0 Å². The molecule has 5 nitrogen and oxygen atoms in total. The molecule has 2 aromatic heterocycles. The number of fused-ring (bicyclic) bond motifs is 2. The van der Waals surface area contributed by atoms with E-state index >= 15 is 0 Å². The number of piperazine rings is 1. The lowest BCUT2D eigenvalue weighted by Gasteiger charge is -2.37. The summed E-state index contributed by atoms with van der Waals surface area (Å²) in [7, 11) is 2.00. The van der Waals surface area contributed by atoms with Crippen molar-refractivity contribution in [3.05, 3.63) is 59.4 Å². The van der Waals surface area contributed by atoms with Crippen LogP contribution in [0.5, 0.6) is 0 Å². The van der Waals surface area contributed by atoms with Gasteiger partial charge in [-0.2, -0.15) is 0 Å². The van der Waals surface area contributed by atoms with E-state index in [0.29, 0.717) is 11.7 Å². The fraction of sp³-hybridized carbons (Fsp3) is 0.381. The molecule has 1 aromatic carbocycles. The van der Waals surface area contributed by atoms with Crippen LogP contribution in [0.4, 0.5) is 0 Å². The maximum absolute atomic E-state index is 12.9. The quantitative estimate of drug-likeness (QED) is 0.773. The van der Waals surface area contributed by atoms with E-state index < -0.39 is 0 Å². The van der Waals surface area contributed by atoms with Gasteiger partial charge in [-0.15, -0.1) is 0 Å². The SMILES string of the molecule is Cn1ccc2[nH]c(C(=O)N3CCN(C4Cc5ccccc5C4)CC3)cc21. The van der Waals surface area contributed by atoms with E-state index in [0.717, 1.165) is 50.1 Å². The normalized spacial score (nSPS) is 18.6. The Labute approximate surface area is 153 Å². The number of aromatic nitrogens is 2. The van der Waals surface area contributed by atoms with Gasteiger partial charge in [-0.25, -0.2) is 0 Å². The fourth-order valence-electron chi connectivity index (χ4n) is 4.51. The number of nitrogens with one attached hydrogen (secondary N) is 1. The Kier molecular flexibility index (Phi) is 3.64. The Morgan fingerprint density at radius 1 is 1.04 bits per heavy atom. The lowest BCUT2D eigenvalue weighted by Crippen LogP contribution is -2.52. The monoisotopic (exact) mass is 348 g/mol. The smallest absolute Gasteiger partial charge is 0.270 e. The van der Waals surface area contributed by atoms with Gasteiger partial charge in [0, 0.05) is 45.5 Å². The van der Waals surface area contributed by atoms with Crippen molar-refractivity contribution in [1.29, 1.82) is 0 Å². The first-order valence-corrected chi connectivity index (χ1v) is 9.43. The average Bonchev–Trinajstić information content (AvgIpc) is 3.37. The minimum atomic E-state index is 0.121. The molecule has 5 heteroatoms. The number of aryl methyl sites for hydroxylation is 1. The summed E-state index contributed by atoms with van der Waals surface area (Å²) in [6, 6.07) is 13.4. The maximum Gasteiger partial charge on any atom is 0.270 e. The minimum Gasteiger partial charge on any atom is -0.349 e. The predicted octanol–water partition coefficient (Wildman–Crippen LogP) is 2.43. The van der Waals surface area contributed by atoms with Crippen LogP contribution in [0.2, 0.25) is 0 Å². The number of carbonyl (C=O) groups is 1. The van der Waals surface area contributed by atoms with Crippen LogP contribution >= 0.6 is 0 Å². The van der Waals surface area contributed by atoms with Crippen molar-refractivity contribution in [2.45, 2.75) is 18.9 Å². The van der Waals surface area contributed by atoms with Gasteiger partial charge in [0.25, 0.3) is 5.91 Å². The van der Waals surface area contributed by atoms with Gasteiger partial charge in [-0.3, -0.25) is 9.69 Å². The Morgan fingerprint density at radius 3 is 2.38 bits per heavy atom. The van der Waals surface area contributed by atoms with Crippen molar-refractivity contribution >= 4 is 16.9 Å². The average molecular weight is 348 g/mol. The van der Waals surface area contributed by atoms with Crippen molar-refractivity contribution in [1.82, 2.24) is 19.4 Å². The molecule has 0 bridgehead atoms. The van der Waals surface area contributed by atoms with Crippen LogP contribution in [0.15, 0.2) is 42.6 Å². The molecule has 134 valence electrons. The van der Waals surface area contributed by atoms with Gasteiger partial charge >= 0.3 is 0 Å². The molecule has 0 spiro atoms. The zero-order valence-electron chi connectivity index (χ0n) is 15.1. The summed E-state index contributed by atoms with van der Waals surface area (Å²) in [6.45, 7) is 3.54. The molecule has 1 aliphatic carbocycles. The summed E-state index contributed by atoms with van der Waals surface area (Å²) in [6.07, 6.45) is 4.30. The highest BCUT2D eigenvalue weighted by Crippen LogP contribution is 2.26. The lowest BCUT2D eigenvalue weighted by atomic mass is 10.1. The van der Waals surface area contributed by atoms with Crippen LogP contribution < -0.4 is 0 Å². The summed E-state index contributed by atoms with van der Waals surface area (Å²) >= 11 is 0. The first-order valence-electron chi connectivity index (χ1n) is 9.43. The van der Waals surface area contributed by atoms with E-state index in [1.165, 1.54) is 11.1 Å². The van der Waals surface area contributed by atoms with E-state index in [-0.39, 0.29) is 5.91 Å². The summed E-state index contributed by atoms with van der Waals surface area (Å²) < 4.78 is 2.04. The third kappa shape index (κ3) is 2.54. The standard InChI is InChI=1S/C21H24N4O/c1-23-7-6-18-20(23)14-19(22-18)21(26)25-10-8-24(9-11-25)17-12-15-4-2-3-5-16(15)13-17/h2-7,14,17,22H,8-13H2,1H3. The molecule has 1 aliphatic heterocycles. The highest BCUT2D eigenvalue weighted by Gasteiger charge is 2.30. The summed E-state index contributed by atoms with van der Waals surface area (Å²) in [4.78, 5) is 20.7. The van der Waals surface area contributed by atoms with Gasteiger partial charge in [0.1, 0.15) is 5.69 Å². The van der Waals surface area contributed by atoms with Gasteiger partial charge in [0.15, 0.2) is 0 Å². The molecular formula is C21H24N4O. The predicted molar refractivity (Wildman–Crippen MR) is 102 cm³/mol. The van der Waals surface area contributed by atoms with E-state index in [1.54, 1.807) is 0 Å². The first-order chi connectivity index (χ1) is 12.7. The van der Waals surface area contributed by atoms with Gasteiger partial charge in [0.05, 0.1) is 11.0 Å². The highest BCUT2D eigenvalue weighted by molar-refractivity contribution is 5.97. The third-order valence-corrected chi connectivity index (χ3v) is 6.05. The van der Waals surface area contributed by atoms with Crippen molar-refractivity contribution in [3.63, 3.8) is 0 Å². The Hall–Kier alpha value is -2.53. The second-order valence-corrected chi connectivity index (χ2v) is 7.57. The molecule has 0 unspecified atom stereocenters. The van der Waals surface area contributed by atoms with E-state index in [1.807, 2.05) is 34.8 Å². The van der Waals surface area contributed by atoms with Crippen LogP contribution in [-0.4, -0.2) is 57.5 Å². The fourth-order valence-corrected chi connectivity index (χ4v) is 4.51. The molecule has 1 amide bonds. The Balaban J connectivity index is 1.24. The van der Waals surface area contributed by atoms with Crippen molar-refractivity contribution in [3.8, 4) is 0 Å². The number of H-pyrrole nitrogens is 1. The zero-order valence-corrected chi connectivity index (χ0v) is 15.1. The van der Waals surface area contributed by atoms with E-state index in [2.05, 4.69) is 34.1 Å². The zero-order chi connectivity index (χ0) is 17.7. The highest BCUT2D eigenvalue weighted by atomic mass is 16.2. The molecule has 3 heterocycles. The van der Waals surface area contributed by atoms with Gasteiger partial charge in [-0.1, -0.05) is 24.3 Å². The van der Waals surface area contributed by atoms with Gasteiger partial charge < -0.3 is 14.5 Å². The number of nitrogens with zero attached hydrogens (tertiary/aromatic N) is 3. The molecule has 1 fully saturated rings. The summed E-state index contributed by atoms with van der Waals surface area (Å²) in [5.41, 5.74) is 5.80. The number of benzene rings is 1. The number of rotatable bonds is 2. The number of carbonyl (C=O) groups excluding carboxylic acids is 1. The summed E-state index contributed by atoms with van der Waals surface area (Å²) in [5, 5.41) is 0. The van der Waals surface area contributed by atoms with Crippen LogP contribution in [0.1, 0.15) is 21.6 Å². The molecule has 0 saturated carbocycles. The Bertz CT molecular complexity index is 936. The first kappa shape index (κ1) is 15.7. The molecule has 5 rings (SSSR count). The number of aromatic amines is 1. The molecule has 0 atom stereocenters. The largest absolute Gasteiger partial charge is 0.349 e. The maximum atomic E-state index is 12.9. The van der Waals surface area contributed by atoms with Crippen molar-refractivity contribution in [2.75, 3.05) is 26.2 Å². The lowest BCUT2D eigenvalue weighted by molar-refractivity contribution is 0.0571. The van der Waals surface area contributed by atoms with Crippen LogP contribution in [-0.2, 0) is 19.9 Å². The molecule has 26 heavy (non-hydrogen) atoms. The number of amides is 1. The van der Waals surface area contributed by atoms with Crippen molar-refractivity contribution < 1.29 is 4.79 Å². The number of hydrogen-bond donors (Lipinski definition) is 1. The minimum absolute atomic E-state index is 0.121. The summed E-state index contributed by atoms with van der Waals surface area (Å²) in [5.74, 6) is 0.121. The molecule has 1 saturated heterocycles. The van der Waals surface area contributed by atoms with Crippen molar-refractivity contribution in [2.24, 2.45) is 7.05 Å². The Morgan fingerprint density at radius 2 is 1.73 bits per heavy atom. The molecular weight excluding hydrogens is 324 g/mol. The second-order valence-electron chi connectivity index (χ2n) is 7.57. The van der Waals surface area contributed by atoms with E-state index in [4.69, 9.17) is 0 Å². The van der Waals surface area contributed by atoms with Crippen LogP contribution in [0, 0.1) is 0 Å². The molecule has 0 radical (unpaired) electrons. The molecule has 2 aliphatic rings. The second kappa shape index (κ2) is 6.02. The van der Waals surface area contributed by atoms with Gasteiger partial charge in [-0.05, 0) is 36.1 Å². The third-order valence-electron chi connectivity index (χ3n) is 6.05. The molecule has 3 aromatic rings. The number of hydrogen-bond acceptors (Lipinski definition) is 2. The van der Waals surface area contributed by atoms with Crippen LogP contribution in [0.3, 0.4) is 0 Å².